The number of nitrogens with zero attached hydrogens (tertiary/aromatic N) is 1. The van der Waals surface area contributed by atoms with E-state index >= 15 is 0 Å². The van der Waals surface area contributed by atoms with Crippen molar-refractivity contribution in [3.63, 3.8) is 0 Å². The van der Waals surface area contributed by atoms with E-state index in [0.717, 1.165) is 15.8 Å². The number of carbonyl (C=O) groups excluding carboxylic acids is 2. The van der Waals surface area contributed by atoms with Crippen LogP contribution in [0.5, 0.6) is 5.75 Å². The number of halogens is 2. The highest BCUT2D eigenvalue weighted by molar-refractivity contribution is 9.10. The number of carbonyl (C=O) groups is 2. The van der Waals surface area contributed by atoms with E-state index < -0.39 is 6.04 Å². The standard InChI is InChI=1S/C21H24BrClN2O3S/c1-25(13-14-12-15(22)8-9-19(14)28-2)21(27)18(10-11-29-3)24-20(26)16-6-4-5-7-17(16)23/h4-9,12,18H,10-11,13H2,1-3H3,(H,24,26). The third-order valence-corrected chi connectivity index (χ3v) is 5.83. The largest absolute Gasteiger partial charge is 0.496 e. The molecular formula is C21H24BrClN2O3S. The molecule has 29 heavy (non-hydrogen) atoms. The molecule has 0 saturated carbocycles. The lowest BCUT2D eigenvalue weighted by Crippen LogP contribution is -2.47. The van der Waals surface area contributed by atoms with Crippen LogP contribution >= 0.6 is 39.3 Å². The third kappa shape index (κ3) is 6.66. The SMILES string of the molecule is COc1ccc(Br)cc1CN(C)C(=O)C(CCSC)NC(=O)c1ccccc1Cl. The summed E-state index contributed by atoms with van der Waals surface area (Å²) in [7, 11) is 3.32. The Kier molecular flexibility index (Phi) is 9.33. The topological polar surface area (TPSA) is 58.6 Å². The Hall–Kier alpha value is -1.70. The number of benzene rings is 2. The zero-order valence-electron chi connectivity index (χ0n) is 16.6. The fourth-order valence-corrected chi connectivity index (χ4v) is 3.95. The number of hydrogen-bond acceptors (Lipinski definition) is 4. The second-order valence-corrected chi connectivity index (χ2v) is 8.75. The third-order valence-electron chi connectivity index (χ3n) is 4.36. The lowest BCUT2D eigenvalue weighted by molar-refractivity contribution is -0.132. The smallest absolute Gasteiger partial charge is 0.253 e. The zero-order chi connectivity index (χ0) is 21.4. The highest BCUT2D eigenvalue weighted by atomic mass is 79.9. The number of hydrogen-bond donors (Lipinski definition) is 1. The first-order valence-electron chi connectivity index (χ1n) is 8.99. The van der Waals surface area contributed by atoms with E-state index in [-0.39, 0.29) is 11.8 Å². The molecule has 0 aliphatic heterocycles. The fraction of sp³-hybridized carbons (Fsp3) is 0.333. The minimum Gasteiger partial charge on any atom is -0.496 e. The molecule has 1 N–H and O–H groups in total. The molecule has 0 saturated heterocycles. The number of thioether (sulfide) groups is 1. The van der Waals surface area contributed by atoms with Gasteiger partial charge in [-0.25, -0.2) is 0 Å². The normalized spacial score (nSPS) is 11.6. The van der Waals surface area contributed by atoms with Gasteiger partial charge in [-0.15, -0.1) is 0 Å². The van der Waals surface area contributed by atoms with Crippen LogP contribution in [-0.2, 0) is 11.3 Å². The maximum Gasteiger partial charge on any atom is 0.253 e. The van der Waals surface area contributed by atoms with Crippen molar-refractivity contribution >= 4 is 51.1 Å². The van der Waals surface area contributed by atoms with Crippen molar-refractivity contribution in [2.24, 2.45) is 0 Å². The van der Waals surface area contributed by atoms with E-state index in [1.807, 2.05) is 24.5 Å². The molecule has 1 atom stereocenters. The van der Waals surface area contributed by atoms with Crippen LogP contribution in [0.4, 0.5) is 0 Å². The Bertz CT molecular complexity index is 866. The van der Waals surface area contributed by atoms with Crippen LogP contribution in [0, 0.1) is 0 Å². The summed E-state index contributed by atoms with van der Waals surface area (Å²) in [6.07, 6.45) is 2.49. The van der Waals surface area contributed by atoms with Crippen LogP contribution in [0.2, 0.25) is 5.02 Å². The molecule has 0 aliphatic rings. The fourth-order valence-electron chi connectivity index (χ4n) is 2.84. The first-order valence-corrected chi connectivity index (χ1v) is 11.6. The molecule has 2 aromatic carbocycles. The van der Waals surface area contributed by atoms with Crippen LogP contribution in [0.15, 0.2) is 46.9 Å². The second-order valence-electron chi connectivity index (χ2n) is 6.44. The Morgan fingerprint density at radius 1 is 1.28 bits per heavy atom. The summed E-state index contributed by atoms with van der Waals surface area (Å²) in [5.74, 6) is 0.923. The first-order chi connectivity index (χ1) is 13.9. The predicted octanol–water partition coefficient (Wildman–Crippen LogP) is 4.62. The van der Waals surface area contributed by atoms with E-state index in [1.165, 1.54) is 0 Å². The van der Waals surface area contributed by atoms with Gasteiger partial charge in [-0.05, 0) is 48.8 Å². The Morgan fingerprint density at radius 3 is 2.66 bits per heavy atom. The average molecular weight is 500 g/mol. The predicted molar refractivity (Wildman–Crippen MR) is 123 cm³/mol. The highest BCUT2D eigenvalue weighted by Gasteiger charge is 2.25. The Labute approximate surface area is 189 Å². The summed E-state index contributed by atoms with van der Waals surface area (Å²) in [5, 5.41) is 3.20. The van der Waals surface area contributed by atoms with E-state index in [0.29, 0.717) is 29.3 Å². The molecule has 2 amide bonds. The molecular weight excluding hydrogens is 476 g/mol. The van der Waals surface area contributed by atoms with Crippen LogP contribution in [0.3, 0.4) is 0 Å². The molecule has 1 unspecified atom stereocenters. The van der Waals surface area contributed by atoms with E-state index in [2.05, 4.69) is 21.2 Å². The molecule has 0 aromatic heterocycles. The lowest BCUT2D eigenvalue weighted by atomic mass is 10.1. The summed E-state index contributed by atoms with van der Waals surface area (Å²) >= 11 is 11.2. The van der Waals surface area contributed by atoms with Crippen molar-refractivity contribution in [3.05, 3.63) is 63.1 Å². The number of nitrogens with one attached hydrogen (secondary N) is 1. The van der Waals surface area contributed by atoms with Gasteiger partial charge < -0.3 is 15.0 Å². The van der Waals surface area contributed by atoms with Crippen LogP contribution in [0.25, 0.3) is 0 Å². The Morgan fingerprint density at radius 2 is 2.00 bits per heavy atom. The van der Waals surface area contributed by atoms with Crippen molar-refractivity contribution in [1.82, 2.24) is 10.2 Å². The summed E-state index contributed by atoms with van der Waals surface area (Å²) in [4.78, 5) is 27.4. The molecule has 0 radical (unpaired) electrons. The Balaban J connectivity index is 2.16. The van der Waals surface area contributed by atoms with E-state index in [1.54, 1.807) is 55.1 Å². The molecule has 0 spiro atoms. The number of likely N-dealkylation sites (N-methyl/N-ethyl adjacent to an activating group) is 1. The number of ether oxygens (including phenoxy) is 1. The molecule has 156 valence electrons. The van der Waals surface area contributed by atoms with E-state index in [4.69, 9.17) is 16.3 Å². The van der Waals surface area contributed by atoms with Crippen molar-refractivity contribution < 1.29 is 14.3 Å². The first kappa shape index (κ1) is 23.6. The van der Waals surface area contributed by atoms with Gasteiger partial charge in [0.05, 0.1) is 17.7 Å². The van der Waals surface area contributed by atoms with Gasteiger partial charge in [0.1, 0.15) is 11.8 Å². The van der Waals surface area contributed by atoms with Gasteiger partial charge in [-0.1, -0.05) is 39.7 Å². The number of amides is 2. The minimum atomic E-state index is -0.644. The molecule has 2 aromatic rings. The van der Waals surface area contributed by atoms with Crippen LogP contribution in [0.1, 0.15) is 22.3 Å². The van der Waals surface area contributed by atoms with Crippen molar-refractivity contribution in [2.45, 2.75) is 19.0 Å². The van der Waals surface area contributed by atoms with Gasteiger partial charge >= 0.3 is 0 Å². The summed E-state index contributed by atoms with van der Waals surface area (Å²) in [5.41, 5.74) is 1.23. The molecule has 0 fully saturated rings. The molecule has 2 rings (SSSR count). The summed E-state index contributed by atoms with van der Waals surface area (Å²) in [6.45, 7) is 0.360. The molecule has 0 heterocycles. The van der Waals surface area contributed by atoms with Gasteiger partial charge in [-0.2, -0.15) is 11.8 Å². The maximum atomic E-state index is 13.1. The van der Waals surface area contributed by atoms with Crippen molar-refractivity contribution in [3.8, 4) is 5.75 Å². The summed E-state index contributed by atoms with van der Waals surface area (Å²) in [6, 6.07) is 11.8. The second kappa shape index (κ2) is 11.5. The van der Waals surface area contributed by atoms with Gasteiger partial charge in [0, 0.05) is 23.6 Å². The van der Waals surface area contributed by atoms with Crippen molar-refractivity contribution in [2.75, 3.05) is 26.2 Å². The van der Waals surface area contributed by atoms with Gasteiger partial charge in [0.2, 0.25) is 5.91 Å². The number of rotatable bonds is 9. The van der Waals surface area contributed by atoms with Crippen LogP contribution in [-0.4, -0.2) is 48.9 Å². The molecule has 8 heteroatoms. The van der Waals surface area contributed by atoms with Gasteiger partial charge in [0.15, 0.2) is 0 Å². The van der Waals surface area contributed by atoms with E-state index in [9.17, 15) is 9.59 Å². The molecule has 0 bridgehead atoms. The van der Waals surface area contributed by atoms with Gasteiger partial charge in [0.25, 0.3) is 5.91 Å². The van der Waals surface area contributed by atoms with Gasteiger partial charge in [-0.3, -0.25) is 9.59 Å². The maximum absolute atomic E-state index is 13.1. The van der Waals surface area contributed by atoms with Crippen LogP contribution < -0.4 is 10.1 Å². The monoisotopic (exact) mass is 498 g/mol. The lowest BCUT2D eigenvalue weighted by Gasteiger charge is -2.25. The zero-order valence-corrected chi connectivity index (χ0v) is 19.7. The molecule has 0 aliphatic carbocycles. The van der Waals surface area contributed by atoms with Crippen molar-refractivity contribution in [1.29, 1.82) is 0 Å². The highest BCUT2D eigenvalue weighted by Crippen LogP contribution is 2.24. The summed E-state index contributed by atoms with van der Waals surface area (Å²) < 4.78 is 6.30. The number of methoxy groups -OCH3 is 1. The quantitative estimate of drug-likeness (QED) is 0.547. The molecule has 5 nitrogen and oxygen atoms in total. The minimum absolute atomic E-state index is 0.165. The average Bonchev–Trinajstić information content (AvgIpc) is 2.70.